The molecule has 0 N–H and O–H groups in total. The van der Waals surface area contributed by atoms with Gasteiger partial charge in [0.2, 0.25) is 0 Å². The van der Waals surface area contributed by atoms with Crippen LogP contribution in [0.3, 0.4) is 0 Å². The molecule has 1 rings (SSSR count). The van der Waals surface area contributed by atoms with Gasteiger partial charge >= 0.3 is 11.4 Å². The Bertz CT molecular complexity index is 519. The van der Waals surface area contributed by atoms with Gasteiger partial charge in [-0.2, -0.15) is 0 Å². The molecule has 0 aromatic heterocycles. The summed E-state index contributed by atoms with van der Waals surface area (Å²) in [5.74, 6) is 0. The molecule has 1 aromatic rings. The monoisotopic (exact) mass is 287 g/mol. The highest BCUT2D eigenvalue weighted by Gasteiger charge is 2.29. The molecule has 0 unspecified atom stereocenters. The van der Waals surface area contributed by atoms with Gasteiger partial charge in [-0.1, -0.05) is 30.0 Å². The molecule has 7 nitrogen and oxygen atoms in total. The van der Waals surface area contributed by atoms with Crippen molar-refractivity contribution in [1.29, 1.82) is 0 Å². The lowest BCUT2D eigenvalue weighted by Gasteiger charge is -2.12. The second kappa shape index (κ2) is 5.74. The number of thiocarbonyl (C=S) groups is 1. The number of benzene rings is 1. The Kier molecular flexibility index (Phi) is 4.56. The van der Waals surface area contributed by atoms with Gasteiger partial charge in [0.1, 0.15) is 4.32 Å². The number of nitrogens with zero attached hydrogens (tertiary/aromatic N) is 3. The quantitative estimate of drug-likeness (QED) is 0.365. The zero-order valence-electron chi connectivity index (χ0n) is 9.52. The lowest BCUT2D eigenvalue weighted by Crippen LogP contribution is -2.16. The van der Waals surface area contributed by atoms with Gasteiger partial charge in [-0.3, -0.25) is 20.2 Å². The second-order valence-corrected chi connectivity index (χ2v) is 5.08. The SMILES string of the molecule is CN(C)C(=S)Sc1cccc([N+](=O)[O-])c1[N+](=O)[O-]. The molecule has 0 spiro atoms. The Morgan fingerprint density at radius 1 is 1.28 bits per heavy atom. The van der Waals surface area contributed by atoms with Gasteiger partial charge in [-0.25, -0.2) is 0 Å². The highest BCUT2D eigenvalue weighted by atomic mass is 32.2. The minimum Gasteiger partial charge on any atom is -0.363 e. The van der Waals surface area contributed by atoms with Crippen LogP contribution in [-0.2, 0) is 0 Å². The highest BCUT2D eigenvalue weighted by Crippen LogP contribution is 2.37. The second-order valence-electron chi connectivity index (χ2n) is 3.40. The Hall–Kier alpha value is -1.74. The normalized spacial score (nSPS) is 9.89. The summed E-state index contributed by atoms with van der Waals surface area (Å²) < 4.78 is 0.388. The Morgan fingerprint density at radius 3 is 2.33 bits per heavy atom. The van der Waals surface area contributed by atoms with E-state index in [9.17, 15) is 20.2 Å². The maximum absolute atomic E-state index is 10.9. The van der Waals surface area contributed by atoms with Crippen LogP contribution in [0.2, 0.25) is 0 Å². The number of rotatable bonds is 3. The maximum atomic E-state index is 10.9. The summed E-state index contributed by atoms with van der Waals surface area (Å²) in [6, 6.07) is 3.93. The molecule has 96 valence electrons. The fourth-order valence-corrected chi connectivity index (χ4v) is 2.17. The summed E-state index contributed by atoms with van der Waals surface area (Å²) in [4.78, 5) is 21.9. The lowest BCUT2D eigenvalue weighted by molar-refractivity contribution is -0.424. The topological polar surface area (TPSA) is 89.5 Å². The molecule has 0 aliphatic rings. The van der Waals surface area contributed by atoms with E-state index in [0.29, 0.717) is 4.32 Å². The van der Waals surface area contributed by atoms with Gasteiger partial charge in [-0.05, 0) is 6.07 Å². The molecule has 1 aromatic carbocycles. The van der Waals surface area contributed by atoms with Crippen molar-refractivity contribution in [3.8, 4) is 0 Å². The van der Waals surface area contributed by atoms with E-state index < -0.39 is 21.2 Å². The molecular weight excluding hydrogens is 278 g/mol. The Morgan fingerprint density at radius 2 is 1.89 bits per heavy atom. The molecule has 9 heteroatoms. The Balaban J connectivity index is 3.27. The van der Waals surface area contributed by atoms with Crippen molar-refractivity contribution in [3.05, 3.63) is 38.4 Å². The fourth-order valence-electron chi connectivity index (χ4n) is 1.11. The first-order chi connectivity index (χ1) is 8.34. The molecule has 0 atom stereocenters. The van der Waals surface area contributed by atoms with E-state index in [2.05, 4.69) is 0 Å². The van der Waals surface area contributed by atoms with Gasteiger partial charge < -0.3 is 4.90 Å². The van der Waals surface area contributed by atoms with Crippen molar-refractivity contribution in [2.75, 3.05) is 14.1 Å². The molecule has 0 saturated heterocycles. The van der Waals surface area contributed by atoms with Gasteiger partial charge in [0.25, 0.3) is 0 Å². The molecule has 0 bridgehead atoms. The largest absolute Gasteiger partial charge is 0.363 e. The zero-order valence-corrected chi connectivity index (χ0v) is 11.2. The number of nitro benzene ring substituents is 2. The van der Waals surface area contributed by atoms with Crippen LogP contribution < -0.4 is 0 Å². The van der Waals surface area contributed by atoms with Gasteiger partial charge in [0.15, 0.2) is 0 Å². The van der Waals surface area contributed by atoms with Crippen molar-refractivity contribution in [2.24, 2.45) is 0 Å². The first kappa shape index (κ1) is 14.3. The van der Waals surface area contributed by atoms with Crippen molar-refractivity contribution in [3.63, 3.8) is 0 Å². The maximum Gasteiger partial charge on any atom is 0.359 e. The minimum absolute atomic E-state index is 0.160. The van der Waals surface area contributed by atoms with Gasteiger partial charge in [-0.15, -0.1) is 0 Å². The van der Waals surface area contributed by atoms with E-state index in [1.54, 1.807) is 19.0 Å². The standard InChI is InChI=1S/C9H9N3O4S2/c1-10(2)9(17)18-7-5-3-4-6(11(13)14)8(7)12(15)16/h3-5H,1-2H3. The molecule has 0 aliphatic carbocycles. The van der Waals surface area contributed by atoms with Crippen LogP contribution in [0.1, 0.15) is 0 Å². The van der Waals surface area contributed by atoms with Crippen molar-refractivity contribution in [2.45, 2.75) is 4.90 Å². The van der Waals surface area contributed by atoms with Crippen LogP contribution in [0.25, 0.3) is 0 Å². The minimum atomic E-state index is -0.777. The molecular formula is C9H9N3O4S2. The average molecular weight is 287 g/mol. The molecule has 0 aliphatic heterocycles. The van der Waals surface area contributed by atoms with E-state index in [-0.39, 0.29) is 4.90 Å². The zero-order chi connectivity index (χ0) is 13.9. The summed E-state index contributed by atoms with van der Waals surface area (Å²) in [6.45, 7) is 0. The van der Waals surface area contributed by atoms with Crippen LogP contribution in [0.5, 0.6) is 0 Å². The third-order valence-electron chi connectivity index (χ3n) is 1.92. The molecule has 0 fully saturated rings. The van der Waals surface area contributed by atoms with Gasteiger partial charge in [0, 0.05) is 20.2 Å². The lowest BCUT2D eigenvalue weighted by atomic mass is 10.3. The molecule has 0 saturated carbocycles. The highest BCUT2D eigenvalue weighted by molar-refractivity contribution is 8.23. The first-order valence-corrected chi connectivity index (χ1v) is 5.88. The molecule has 0 heterocycles. The van der Waals surface area contributed by atoms with Gasteiger partial charge in [0.05, 0.1) is 14.7 Å². The smallest absolute Gasteiger partial charge is 0.359 e. The number of hydrogen-bond donors (Lipinski definition) is 0. The third-order valence-corrected chi connectivity index (χ3v) is 3.62. The van der Waals surface area contributed by atoms with E-state index in [1.807, 2.05) is 0 Å². The van der Waals surface area contributed by atoms with Crippen LogP contribution in [0, 0.1) is 20.2 Å². The average Bonchev–Trinajstić information content (AvgIpc) is 2.27. The third kappa shape index (κ3) is 3.14. The molecule has 0 amide bonds. The van der Waals surface area contributed by atoms with E-state index in [4.69, 9.17) is 12.2 Å². The summed E-state index contributed by atoms with van der Waals surface area (Å²) in [7, 11) is 3.39. The molecule has 0 radical (unpaired) electrons. The van der Waals surface area contributed by atoms with Crippen molar-refractivity contribution in [1.82, 2.24) is 4.90 Å². The van der Waals surface area contributed by atoms with Crippen LogP contribution in [0.4, 0.5) is 11.4 Å². The first-order valence-electron chi connectivity index (χ1n) is 4.65. The number of nitro groups is 2. The predicted molar refractivity (Wildman–Crippen MR) is 71.9 cm³/mol. The fraction of sp³-hybridized carbons (Fsp3) is 0.222. The number of para-hydroxylation sites is 1. The Labute approximate surface area is 112 Å². The van der Waals surface area contributed by atoms with E-state index in [0.717, 1.165) is 17.8 Å². The van der Waals surface area contributed by atoms with E-state index in [1.165, 1.54) is 12.1 Å². The summed E-state index contributed by atoms with van der Waals surface area (Å²) in [6.07, 6.45) is 0. The van der Waals surface area contributed by atoms with Crippen LogP contribution in [0.15, 0.2) is 23.1 Å². The summed E-state index contributed by atoms with van der Waals surface area (Å²) in [5.41, 5.74) is -1.07. The predicted octanol–water partition coefficient (Wildman–Crippen LogP) is 2.44. The van der Waals surface area contributed by atoms with Crippen LogP contribution >= 0.6 is 24.0 Å². The summed E-state index contributed by atoms with van der Waals surface area (Å²) >= 11 is 5.96. The number of hydrogen-bond acceptors (Lipinski definition) is 6. The number of thioether (sulfide) groups is 1. The van der Waals surface area contributed by atoms with Crippen molar-refractivity contribution >= 4 is 39.7 Å². The molecule has 18 heavy (non-hydrogen) atoms. The van der Waals surface area contributed by atoms with E-state index >= 15 is 0 Å². The van der Waals surface area contributed by atoms with Crippen LogP contribution in [-0.4, -0.2) is 33.2 Å². The van der Waals surface area contributed by atoms with Crippen molar-refractivity contribution < 1.29 is 9.85 Å². The summed E-state index contributed by atoms with van der Waals surface area (Å²) in [5, 5.41) is 21.7.